The molecule has 1 fully saturated rings. The number of para-hydroxylation sites is 1. The van der Waals surface area contributed by atoms with Gasteiger partial charge in [-0.2, -0.15) is 13.2 Å². The summed E-state index contributed by atoms with van der Waals surface area (Å²) in [5.41, 5.74) is 1.57. The summed E-state index contributed by atoms with van der Waals surface area (Å²) < 4.78 is 44.0. The number of carbonyl (C=O) groups is 1. The van der Waals surface area contributed by atoms with E-state index in [4.69, 9.17) is 9.40 Å². The molecule has 182 valence electrons. The van der Waals surface area contributed by atoms with Gasteiger partial charge in [0.05, 0.1) is 11.1 Å². The zero-order valence-electron chi connectivity index (χ0n) is 19.5. The van der Waals surface area contributed by atoms with Gasteiger partial charge in [0.25, 0.3) is 5.91 Å². The third-order valence-electron chi connectivity index (χ3n) is 6.28. The molecule has 6 nitrogen and oxygen atoms in total. The smallest absolute Gasteiger partial charge is 0.450 e. The molecule has 1 amide bonds. The van der Waals surface area contributed by atoms with E-state index in [-0.39, 0.29) is 17.7 Å². The average molecular weight is 475 g/mol. The van der Waals surface area contributed by atoms with Crippen molar-refractivity contribution in [2.45, 2.75) is 44.8 Å². The van der Waals surface area contributed by atoms with Gasteiger partial charge in [0.15, 0.2) is 0 Å². The molecule has 1 aliphatic rings. The van der Waals surface area contributed by atoms with Gasteiger partial charge in [-0.05, 0) is 50.7 Å². The number of amides is 1. The van der Waals surface area contributed by atoms with Crippen LogP contribution in [-0.4, -0.2) is 37.6 Å². The summed E-state index contributed by atoms with van der Waals surface area (Å²) >= 11 is 0. The number of halogens is 3. The normalized spacial score (nSPS) is 18.6. The third kappa shape index (κ3) is 5.29. The van der Waals surface area contributed by atoms with Crippen molar-refractivity contribution in [2.24, 2.45) is 5.92 Å². The van der Waals surface area contributed by atoms with Gasteiger partial charge in [-0.1, -0.05) is 18.2 Å². The molecule has 0 bridgehead atoms. The van der Waals surface area contributed by atoms with Crippen molar-refractivity contribution < 1.29 is 22.4 Å². The molecule has 2 aromatic heterocycles. The Morgan fingerprint density at radius 1 is 1.15 bits per heavy atom. The lowest BCUT2D eigenvalue weighted by atomic mass is 9.86. The van der Waals surface area contributed by atoms with Crippen molar-refractivity contribution in [2.75, 3.05) is 30.9 Å². The summed E-state index contributed by atoms with van der Waals surface area (Å²) in [6.45, 7) is 1.73. The zero-order valence-corrected chi connectivity index (χ0v) is 19.5. The average Bonchev–Trinajstić information content (AvgIpc) is 3.20. The van der Waals surface area contributed by atoms with Crippen LogP contribution in [-0.2, 0) is 6.18 Å². The third-order valence-corrected chi connectivity index (χ3v) is 6.28. The standard InChI is InChI=1S/C25H29F3N4O2/c1-15-12-19(23(34-15)25(26,27)28)24(33)29-14-16-8-10-17(11-9-16)30-22-13-21(32(2)3)18-6-4-5-7-20(18)31-22/h4-7,12-13,16-17H,8-11,14H2,1-3H3,(H,29,33)(H,30,31). The highest BCUT2D eigenvalue weighted by molar-refractivity contribution is 5.95. The minimum Gasteiger partial charge on any atom is -0.456 e. The number of carbonyl (C=O) groups excluding carboxylic acids is 1. The first-order valence-corrected chi connectivity index (χ1v) is 11.4. The van der Waals surface area contributed by atoms with Crippen LogP contribution in [0, 0.1) is 12.8 Å². The Balaban J connectivity index is 1.33. The number of nitrogens with one attached hydrogen (secondary N) is 2. The van der Waals surface area contributed by atoms with E-state index in [9.17, 15) is 18.0 Å². The highest BCUT2D eigenvalue weighted by Crippen LogP contribution is 2.34. The summed E-state index contributed by atoms with van der Waals surface area (Å²) in [7, 11) is 4.02. The molecule has 0 radical (unpaired) electrons. The van der Waals surface area contributed by atoms with Crippen LogP contribution >= 0.6 is 0 Å². The summed E-state index contributed by atoms with van der Waals surface area (Å²) in [4.78, 5) is 19.2. The van der Waals surface area contributed by atoms with Crippen LogP contribution < -0.4 is 15.5 Å². The topological polar surface area (TPSA) is 70.4 Å². The van der Waals surface area contributed by atoms with E-state index in [0.29, 0.717) is 6.54 Å². The van der Waals surface area contributed by atoms with Gasteiger partial charge in [0.2, 0.25) is 5.76 Å². The van der Waals surface area contributed by atoms with Gasteiger partial charge in [0, 0.05) is 43.8 Å². The van der Waals surface area contributed by atoms with Crippen LogP contribution in [0.15, 0.2) is 40.8 Å². The van der Waals surface area contributed by atoms with Gasteiger partial charge >= 0.3 is 6.18 Å². The van der Waals surface area contributed by atoms with Crippen molar-refractivity contribution >= 4 is 28.3 Å². The fourth-order valence-corrected chi connectivity index (χ4v) is 4.55. The molecule has 3 aromatic rings. The van der Waals surface area contributed by atoms with Crippen molar-refractivity contribution in [3.05, 3.63) is 53.5 Å². The van der Waals surface area contributed by atoms with E-state index in [0.717, 1.165) is 54.2 Å². The number of hydrogen-bond donors (Lipinski definition) is 2. The molecule has 2 heterocycles. The molecule has 4 rings (SSSR count). The number of fused-ring (bicyclic) bond motifs is 1. The minimum atomic E-state index is -4.70. The quantitative estimate of drug-likeness (QED) is 0.485. The summed E-state index contributed by atoms with van der Waals surface area (Å²) in [5, 5.41) is 7.30. The lowest BCUT2D eigenvalue weighted by molar-refractivity contribution is -0.153. The molecule has 1 aliphatic carbocycles. The second kappa shape index (κ2) is 9.56. The Labute approximate surface area is 196 Å². The van der Waals surface area contributed by atoms with Crippen molar-refractivity contribution in [1.29, 1.82) is 0 Å². The maximum atomic E-state index is 13.1. The van der Waals surface area contributed by atoms with E-state index < -0.39 is 23.4 Å². The monoisotopic (exact) mass is 474 g/mol. The molecule has 0 aliphatic heterocycles. The number of furan rings is 1. The maximum absolute atomic E-state index is 13.1. The minimum absolute atomic E-state index is 0.0591. The van der Waals surface area contributed by atoms with Crippen molar-refractivity contribution in [3.63, 3.8) is 0 Å². The number of aromatic nitrogens is 1. The number of hydrogen-bond acceptors (Lipinski definition) is 5. The van der Waals surface area contributed by atoms with E-state index in [1.807, 2.05) is 32.3 Å². The SMILES string of the molecule is Cc1cc(C(=O)NCC2CCC(Nc3cc(N(C)C)c4ccccc4n3)CC2)c(C(F)(F)F)o1. The van der Waals surface area contributed by atoms with Gasteiger partial charge in [-0.3, -0.25) is 4.79 Å². The van der Waals surface area contributed by atoms with Crippen LogP contribution in [0.2, 0.25) is 0 Å². The van der Waals surface area contributed by atoms with E-state index >= 15 is 0 Å². The van der Waals surface area contributed by atoms with Gasteiger partial charge < -0.3 is 20.0 Å². The largest absolute Gasteiger partial charge is 0.456 e. The molecule has 9 heteroatoms. The first-order valence-electron chi connectivity index (χ1n) is 11.4. The van der Waals surface area contributed by atoms with Gasteiger partial charge in [-0.15, -0.1) is 0 Å². The molecule has 0 unspecified atom stereocenters. The second-order valence-corrected chi connectivity index (χ2v) is 9.11. The van der Waals surface area contributed by atoms with E-state index in [1.54, 1.807) is 0 Å². The molecule has 0 saturated heterocycles. The van der Waals surface area contributed by atoms with Gasteiger partial charge in [-0.25, -0.2) is 4.98 Å². The number of aryl methyl sites for hydroxylation is 1. The Morgan fingerprint density at radius 2 is 1.85 bits per heavy atom. The van der Waals surface area contributed by atoms with Crippen molar-refractivity contribution in [1.82, 2.24) is 10.3 Å². The molecule has 0 spiro atoms. The second-order valence-electron chi connectivity index (χ2n) is 9.11. The van der Waals surface area contributed by atoms with Crippen LogP contribution in [0.5, 0.6) is 0 Å². The number of alkyl halides is 3. The fraction of sp³-hybridized carbons (Fsp3) is 0.440. The number of benzene rings is 1. The molecule has 0 atom stereocenters. The van der Waals surface area contributed by atoms with Crippen molar-refractivity contribution in [3.8, 4) is 0 Å². The molecule has 1 saturated carbocycles. The molecular formula is C25H29F3N4O2. The fourth-order valence-electron chi connectivity index (χ4n) is 4.55. The first-order chi connectivity index (χ1) is 16.1. The number of pyridine rings is 1. The van der Waals surface area contributed by atoms with Crippen LogP contribution in [0.3, 0.4) is 0 Å². The summed E-state index contributed by atoms with van der Waals surface area (Å²) in [6.07, 6.45) is -1.19. The Hall–Kier alpha value is -3.23. The summed E-state index contributed by atoms with van der Waals surface area (Å²) in [6, 6.07) is 11.5. The van der Waals surface area contributed by atoms with Crippen LogP contribution in [0.25, 0.3) is 10.9 Å². The molecule has 1 aromatic carbocycles. The Bertz CT molecular complexity index is 1160. The Kier molecular flexibility index (Phi) is 6.72. The van der Waals surface area contributed by atoms with Crippen LogP contribution in [0.4, 0.5) is 24.7 Å². The lowest BCUT2D eigenvalue weighted by Crippen LogP contribution is -2.34. The predicted octanol–water partition coefficient (Wildman–Crippen LogP) is 5.62. The van der Waals surface area contributed by atoms with E-state index in [2.05, 4.69) is 27.7 Å². The Morgan fingerprint density at radius 3 is 2.53 bits per heavy atom. The number of rotatable bonds is 6. The zero-order chi connectivity index (χ0) is 24.5. The lowest BCUT2D eigenvalue weighted by Gasteiger charge is -2.30. The number of nitrogens with zero attached hydrogens (tertiary/aromatic N) is 2. The van der Waals surface area contributed by atoms with E-state index in [1.165, 1.54) is 6.92 Å². The maximum Gasteiger partial charge on any atom is 0.450 e. The molecular weight excluding hydrogens is 445 g/mol. The first kappa shape index (κ1) is 23.9. The molecule has 2 N–H and O–H groups in total. The highest BCUT2D eigenvalue weighted by atomic mass is 19.4. The van der Waals surface area contributed by atoms with Gasteiger partial charge in [0.1, 0.15) is 11.6 Å². The summed E-state index contributed by atoms with van der Waals surface area (Å²) in [5.74, 6) is -0.888. The number of anilines is 2. The molecule has 34 heavy (non-hydrogen) atoms. The highest BCUT2D eigenvalue weighted by Gasteiger charge is 2.40. The predicted molar refractivity (Wildman–Crippen MR) is 126 cm³/mol. The van der Waals surface area contributed by atoms with Crippen LogP contribution in [0.1, 0.15) is 47.6 Å².